The third kappa shape index (κ3) is 7.47. The minimum absolute atomic E-state index is 0.0896. The van der Waals surface area contributed by atoms with Gasteiger partial charge < -0.3 is 24.3 Å². The van der Waals surface area contributed by atoms with Crippen LogP contribution in [0.4, 0.5) is 15.3 Å². The predicted molar refractivity (Wildman–Crippen MR) is 145 cm³/mol. The van der Waals surface area contributed by atoms with Crippen LogP contribution in [0.5, 0.6) is 5.75 Å². The van der Waals surface area contributed by atoms with Gasteiger partial charge in [-0.05, 0) is 75.0 Å². The Hall–Kier alpha value is -2.59. The van der Waals surface area contributed by atoms with E-state index in [4.69, 9.17) is 18.9 Å². The van der Waals surface area contributed by atoms with Gasteiger partial charge in [0.1, 0.15) is 29.1 Å². The molecule has 1 aliphatic heterocycles. The van der Waals surface area contributed by atoms with Gasteiger partial charge in [-0.25, -0.2) is 14.4 Å². The Bertz CT molecular complexity index is 1040. The van der Waals surface area contributed by atoms with E-state index in [-0.39, 0.29) is 29.0 Å². The summed E-state index contributed by atoms with van der Waals surface area (Å²) >= 11 is 3.46. The van der Waals surface area contributed by atoms with Gasteiger partial charge >= 0.3 is 18.2 Å². The number of rotatable bonds is 5. The van der Waals surface area contributed by atoms with E-state index in [9.17, 15) is 14.4 Å². The Balaban J connectivity index is 2.68. The maximum Gasteiger partial charge on any atom is 0.424 e. The van der Waals surface area contributed by atoms with Gasteiger partial charge in [0.15, 0.2) is 0 Å². The van der Waals surface area contributed by atoms with Crippen LogP contribution in [0.25, 0.3) is 0 Å². The molecule has 1 N–H and O–H groups in total. The SMILES string of the molecule is COC(=O)c1c(N(C(=O)OC(C)(C)C)C(=O)OC(C)(C)C)ccc(Br)c1OCC1(C(C)(C)C)C=CCN1. The molecule has 1 atom stereocenters. The summed E-state index contributed by atoms with van der Waals surface area (Å²) < 4.78 is 22.7. The lowest BCUT2D eigenvalue weighted by Crippen LogP contribution is -2.55. The van der Waals surface area contributed by atoms with Crippen molar-refractivity contribution >= 4 is 39.8 Å². The Labute approximate surface area is 228 Å². The molecule has 1 unspecified atom stereocenters. The number of carbonyl (C=O) groups excluding carboxylic acids is 3. The fourth-order valence-electron chi connectivity index (χ4n) is 3.64. The molecule has 0 aromatic heterocycles. The molecule has 0 saturated carbocycles. The van der Waals surface area contributed by atoms with Gasteiger partial charge in [0.25, 0.3) is 0 Å². The zero-order valence-electron chi connectivity index (χ0n) is 23.4. The third-order valence-electron chi connectivity index (χ3n) is 5.59. The molecule has 2 rings (SSSR count). The van der Waals surface area contributed by atoms with Crippen molar-refractivity contribution in [1.82, 2.24) is 5.32 Å². The first kappa shape index (κ1) is 30.6. The number of benzene rings is 1. The average Bonchev–Trinajstić information content (AvgIpc) is 3.21. The van der Waals surface area contributed by atoms with Gasteiger partial charge in [-0.15, -0.1) is 0 Å². The molecule has 1 heterocycles. The molecule has 37 heavy (non-hydrogen) atoms. The highest BCUT2D eigenvalue weighted by atomic mass is 79.9. The Morgan fingerprint density at radius 1 is 0.973 bits per heavy atom. The van der Waals surface area contributed by atoms with Crippen molar-refractivity contribution in [2.45, 2.75) is 79.1 Å². The molecule has 9 nitrogen and oxygen atoms in total. The van der Waals surface area contributed by atoms with Crippen molar-refractivity contribution in [2.75, 3.05) is 25.2 Å². The highest BCUT2D eigenvalue weighted by Crippen LogP contribution is 2.40. The van der Waals surface area contributed by atoms with Crippen LogP contribution < -0.4 is 15.0 Å². The largest absolute Gasteiger partial charge is 0.489 e. The van der Waals surface area contributed by atoms with Gasteiger partial charge in [0.2, 0.25) is 0 Å². The second kappa shape index (κ2) is 11.0. The number of imide groups is 1. The van der Waals surface area contributed by atoms with E-state index in [2.05, 4.69) is 48.1 Å². The first-order chi connectivity index (χ1) is 16.8. The van der Waals surface area contributed by atoms with Crippen LogP contribution in [0.2, 0.25) is 0 Å². The number of nitrogens with one attached hydrogen (secondary N) is 1. The molecule has 1 aromatic carbocycles. The van der Waals surface area contributed by atoms with Crippen LogP contribution in [0, 0.1) is 5.41 Å². The van der Waals surface area contributed by atoms with E-state index >= 15 is 0 Å². The fourth-order valence-corrected chi connectivity index (χ4v) is 4.08. The molecule has 0 aliphatic carbocycles. The molecule has 0 fully saturated rings. The number of hydrogen-bond donors (Lipinski definition) is 1. The molecule has 1 aromatic rings. The molecule has 2 amide bonds. The highest BCUT2D eigenvalue weighted by molar-refractivity contribution is 9.10. The Kier molecular flexibility index (Phi) is 9.13. The summed E-state index contributed by atoms with van der Waals surface area (Å²) in [7, 11) is 1.21. The number of nitrogens with zero attached hydrogens (tertiary/aromatic N) is 1. The normalized spacial score (nSPS) is 17.8. The van der Waals surface area contributed by atoms with Gasteiger partial charge in [-0.2, -0.15) is 4.90 Å². The topological polar surface area (TPSA) is 103 Å². The predicted octanol–water partition coefficient (Wildman–Crippen LogP) is 6.24. The van der Waals surface area contributed by atoms with Crippen molar-refractivity contribution in [1.29, 1.82) is 0 Å². The lowest BCUT2D eigenvalue weighted by Gasteiger charge is -2.41. The van der Waals surface area contributed by atoms with Crippen molar-refractivity contribution in [3.63, 3.8) is 0 Å². The second-order valence-electron chi connectivity index (χ2n) is 11.9. The van der Waals surface area contributed by atoms with E-state index in [1.807, 2.05) is 6.08 Å². The van der Waals surface area contributed by atoms with Crippen LogP contribution >= 0.6 is 15.9 Å². The van der Waals surface area contributed by atoms with E-state index in [0.717, 1.165) is 0 Å². The Morgan fingerprint density at radius 3 is 1.92 bits per heavy atom. The number of halogens is 1. The first-order valence-electron chi connectivity index (χ1n) is 12.0. The molecule has 206 valence electrons. The maximum atomic E-state index is 13.3. The van der Waals surface area contributed by atoms with Crippen LogP contribution in [0.15, 0.2) is 28.8 Å². The molecule has 0 bridgehead atoms. The smallest absolute Gasteiger partial charge is 0.424 e. The second-order valence-corrected chi connectivity index (χ2v) is 12.7. The number of anilines is 1. The third-order valence-corrected chi connectivity index (χ3v) is 6.21. The average molecular weight is 584 g/mol. The van der Waals surface area contributed by atoms with E-state index in [1.54, 1.807) is 47.6 Å². The van der Waals surface area contributed by atoms with Crippen molar-refractivity contribution in [2.24, 2.45) is 5.41 Å². The fraction of sp³-hybridized carbons (Fsp3) is 0.593. The number of methoxy groups -OCH3 is 1. The zero-order valence-corrected chi connectivity index (χ0v) is 25.0. The van der Waals surface area contributed by atoms with Crippen molar-refractivity contribution in [3.05, 3.63) is 34.3 Å². The number of esters is 1. The van der Waals surface area contributed by atoms with E-state index < -0.39 is 34.9 Å². The minimum atomic E-state index is -1.01. The molecule has 0 radical (unpaired) electrons. The Morgan fingerprint density at radius 2 is 1.51 bits per heavy atom. The number of hydrogen-bond acceptors (Lipinski definition) is 8. The lowest BCUT2D eigenvalue weighted by molar-refractivity contribution is 0.0430. The summed E-state index contributed by atoms with van der Waals surface area (Å²) in [6.45, 7) is 17.1. The number of ether oxygens (including phenoxy) is 4. The van der Waals surface area contributed by atoms with Crippen LogP contribution in [-0.2, 0) is 14.2 Å². The standard InChI is InChI=1S/C27H39BrN2O7/c1-24(2,3)27(14-11-15-29-27)16-35-20-17(28)12-13-18(19(20)21(31)34-10)30(22(32)36-25(4,5)6)23(33)37-26(7,8)9/h11-14,29H,15-16H2,1-10H3. The first-order valence-corrected chi connectivity index (χ1v) is 12.8. The summed E-state index contributed by atoms with van der Waals surface area (Å²) in [5, 5.41) is 3.46. The monoisotopic (exact) mass is 582 g/mol. The highest BCUT2D eigenvalue weighted by Gasteiger charge is 2.43. The van der Waals surface area contributed by atoms with Gasteiger partial charge in [-0.3, -0.25) is 0 Å². The summed E-state index contributed by atoms with van der Waals surface area (Å²) in [6, 6.07) is 3.02. The lowest BCUT2D eigenvalue weighted by atomic mass is 9.75. The molecule has 0 spiro atoms. The van der Waals surface area contributed by atoms with Crippen LogP contribution in [-0.4, -0.2) is 55.2 Å². The quantitative estimate of drug-likeness (QED) is 0.247. The molecule has 10 heteroatoms. The number of amides is 2. The van der Waals surface area contributed by atoms with Gasteiger partial charge in [-0.1, -0.05) is 32.9 Å². The van der Waals surface area contributed by atoms with Crippen molar-refractivity contribution in [3.8, 4) is 5.75 Å². The summed E-state index contributed by atoms with van der Waals surface area (Å²) in [4.78, 5) is 40.4. The molecule has 1 aliphatic rings. The van der Waals surface area contributed by atoms with E-state index in [0.29, 0.717) is 15.9 Å². The van der Waals surface area contributed by atoms with Crippen LogP contribution in [0.3, 0.4) is 0 Å². The molecular formula is C27H39BrN2O7. The van der Waals surface area contributed by atoms with Gasteiger partial charge in [0.05, 0.1) is 22.8 Å². The van der Waals surface area contributed by atoms with Crippen molar-refractivity contribution < 1.29 is 33.3 Å². The maximum absolute atomic E-state index is 13.3. The zero-order chi connectivity index (χ0) is 28.4. The summed E-state index contributed by atoms with van der Waals surface area (Å²) in [5.74, 6) is -0.685. The number of carbonyl (C=O) groups is 3. The summed E-state index contributed by atoms with van der Waals surface area (Å²) in [5.41, 5.74) is -2.80. The molecular weight excluding hydrogens is 544 g/mol. The van der Waals surface area contributed by atoms with Gasteiger partial charge in [0, 0.05) is 6.54 Å². The molecule has 0 saturated heterocycles. The summed E-state index contributed by atoms with van der Waals surface area (Å²) in [6.07, 6.45) is 2.06. The minimum Gasteiger partial charge on any atom is -0.489 e. The van der Waals surface area contributed by atoms with Crippen LogP contribution in [0.1, 0.15) is 72.7 Å². The van der Waals surface area contributed by atoms with E-state index in [1.165, 1.54) is 13.2 Å².